The van der Waals surface area contributed by atoms with Gasteiger partial charge < -0.3 is 10.6 Å². The highest BCUT2D eigenvalue weighted by atomic mass is 19.1. The summed E-state index contributed by atoms with van der Waals surface area (Å²) in [7, 11) is 2.04. The Labute approximate surface area is 103 Å². The van der Waals surface area contributed by atoms with Gasteiger partial charge in [-0.25, -0.2) is 4.39 Å². The predicted octanol–water partition coefficient (Wildman–Crippen LogP) is 3.42. The lowest BCUT2D eigenvalue weighted by Crippen LogP contribution is -2.34. The second-order valence-electron chi connectivity index (χ2n) is 5.27. The minimum absolute atomic E-state index is 0.254. The molecule has 0 aromatic heterocycles. The van der Waals surface area contributed by atoms with Crippen LogP contribution >= 0.6 is 0 Å². The molecule has 0 amide bonds. The third-order valence-electron chi connectivity index (χ3n) is 3.85. The maximum atomic E-state index is 13.3. The molecule has 2 N–H and O–H groups in total. The van der Waals surface area contributed by atoms with Crippen molar-refractivity contribution in [2.24, 2.45) is 5.92 Å². The average Bonchev–Trinajstić information content (AvgIpc) is 2.28. The normalized spacial score (nSPS) is 24.6. The van der Waals surface area contributed by atoms with Crippen molar-refractivity contribution < 1.29 is 4.39 Å². The molecule has 2 rings (SSSR count). The summed E-state index contributed by atoms with van der Waals surface area (Å²) < 4.78 is 13.3. The summed E-state index contributed by atoms with van der Waals surface area (Å²) in [6.07, 6.45) is 4.90. The summed E-state index contributed by atoms with van der Waals surface area (Å²) in [6.45, 7) is 2.30. The molecule has 1 fully saturated rings. The Balaban J connectivity index is 2.10. The molecule has 0 heterocycles. The predicted molar refractivity (Wildman–Crippen MR) is 70.6 cm³/mol. The molecule has 0 radical (unpaired) electrons. The van der Waals surface area contributed by atoms with Gasteiger partial charge in [0.2, 0.25) is 0 Å². The van der Waals surface area contributed by atoms with Crippen molar-refractivity contribution >= 4 is 11.4 Å². The van der Waals surface area contributed by atoms with Crippen molar-refractivity contribution in [3.05, 3.63) is 24.0 Å². The quantitative estimate of drug-likeness (QED) is 0.797. The first-order chi connectivity index (χ1) is 8.06. The highest BCUT2D eigenvalue weighted by molar-refractivity contribution is 5.56. The molecule has 0 atom stereocenters. The average molecular weight is 236 g/mol. The first kappa shape index (κ1) is 12.2. The highest BCUT2D eigenvalue weighted by Crippen LogP contribution is 2.30. The van der Waals surface area contributed by atoms with Crippen molar-refractivity contribution in [2.75, 3.05) is 17.7 Å². The van der Waals surface area contributed by atoms with Gasteiger partial charge in [-0.15, -0.1) is 0 Å². The first-order valence-electron chi connectivity index (χ1n) is 6.35. The van der Waals surface area contributed by atoms with Gasteiger partial charge in [0, 0.05) is 24.5 Å². The first-order valence-corrected chi connectivity index (χ1v) is 6.35. The standard InChI is InChI=1S/C14H21FN2/c1-10-3-5-13(6-4-10)17(2)14-8-11(15)7-12(16)9-14/h7-10,13H,3-6,16H2,1-2H3. The fourth-order valence-corrected chi connectivity index (χ4v) is 2.64. The lowest BCUT2D eigenvalue weighted by molar-refractivity contribution is 0.340. The molecule has 1 aromatic carbocycles. The maximum Gasteiger partial charge on any atom is 0.127 e. The van der Waals surface area contributed by atoms with E-state index in [0.717, 1.165) is 11.6 Å². The molecular weight excluding hydrogens is 215 g/mol. The molecule has 1 aliphatic carbocycles. The third-order valence-corrected chi connectivity index (χ3v) is 3.85. The summed E-state index contributed by atoms with van der Waals surface area (Å²) in [5.41, 5.74) is 7.07. The van der Waals surface area contributed by atoms with Crippen LogP contribution in [-0.2, 0) is 0 Å². The summed E-state index contributed by atoms with van der Waals surface area (Å²) in [5, 5.41) is 0. The van der Waals surface area contributed by atoms with Crippen LogP contribution in [0.1, 0.15) is 32.6 Å². The second-order valence-corrected chi connectivity index (χ2v) is 5.27. The van der Waals surface area contributed by atoms with Crippen LogP contribution < -0.4 is 10.6 Å². The van der Waals surface area contributed by atoms with Crippen molar-refractivity contribution in [1.29, 1.82) is 0 Å². The molecule has 3 heteroatoms. The number of anilines is 2. The van der Waals surface area contributed by atoms with Gasteiger partial charge in [-0.2, -0.15) is 0 Å². The molecule has 0 saturated heterocycles. The molecule has 0 spiro atoms. The zero-order valence-electron chi connectivity index (χ0n) is 10.6. The molecule has 1 aromatic rings. The lowest BCUT2D eigenvalue weighted by atomic mass is 9.86. The van der Waals surface area contributed by atoms with Gasteiger partial charge in [0.05, 0.1) is 0 Å². The van der Waals surface area contributed by atoms with Crippen LogP contribution in [0.4, 0.5) is 15.8 Å². The zero-order chi connectivity index (χ0) is 12.4. The Morgan fingerprint density at radius 2 is 1.82 bits per heavy atom. The van der Waals surface area contributed by atoms with Gasteiger partial charge in [-0.1, -0.05) is 6.92 Å². The van der Waals surface area contributed by atoms with Crippen LogP contribution in [0.3, 0.4) is 0 Å². The molecule has 0 bridgehead atoms. The van der Waals surface area contributed by atoms with E-state index in [1.54, 1.807) is 6.07 Å². The van der Waals surface area contributed by atoms with E-state index in [1.807, 2.05) is 13.1 Å². The zero-order valence-corrected chi connectivity index (χ0v) is 10.6. The van der Waals surface area contributed by atoms with Crippen LogP contribution in [0.15, 0.2) is 18.2 Å². The van der Waals surface area contributed by atoms with E-state index in [9.17, 15) is 4.39 Å². The summed E-state index contributed by atoms with van der Waals surface area (Å²) >= 11 is 0. The number of nitrogens with zero attached hydrogens (tertiary/aromatic N) is 1. The fourth-order valence-electron chi connectivity index (χ4n) is 2.64. The Morgan fingerprint density at radius 1 is 1.18 bits per heavy atom. The third kappa shape index (κ3) is 2.90. The van der Waals surface area contributed by atoms with Gasteiger partial charge in [0.1, 0.15) is 5.82 Å². The van der Waals surface area contributed by atoms with Crippen LogP contribution in [0.2, 0.25) is 0 Å². The Hall–Kier alpha value is -1.25. The van der Waals surface area contributed by atoms with Gasteiger partial charge >= 0.3 is 0 Å². The van der Waals surface area contributed by atoms with Gasteiger partial charge in [0.25, 0.3) is 0 Å². The minimum Gasteiger partial charge on any atom is -0.399 e. The Kier molecular flexibility index (Phi) is 3.55. The number of hydrogen-bond acceptors (Lipinski definition) is 2. The highest BCUT2D eigenvalue weighted by Gasteiger charge is 2.22. The maximum absolute atomic E-state index is 13.3. The van der Waals surface area contributed by atoms with E-state index in [4.69, 9.17) is 5.73 Å². The van der Waals surface area contributed by atoms with E-state index < -0.39 is 0 Å². The van der Waals surface area contributed by atoms with Crippen molar-refractivity contribution in [3.8, 4) is 0 Å². The molecule has 1 aliphatic rings. The number of hydrogen-bond donors (Lipinski definition) is 1. The molecule has 0 unspecified atom stereocenters. The van der Waals surface area contributed by atoms with Crippen LogP contribution in [0, 0.1) is 11.7 Å². The number of nitrogens with two attached hydrogens (primary N) is 1. The summed E-state index contributed by atoms with van der Waals surface area (Å²) in [6, 6.07) is 5.29. The SMILES string of the molecule is CC1CCC(N(C)c2cc(N)cc(F)c2)CC1. The van der Waals surface area contributed by atoms with Crippen molar-refractivity contribution in [2.45, 2.75) is 38.6 Å². The molecule has 1 saturated carbocycles. The van der Waals surface area contributed by atoms with Crippen molar-refractivity contribution in [3.63, 3.8) is 0 Å². The van der Waals surface area contributed by atoms with Crippen molar-refractivity contribution in [1.82, 2.24) is 0 Å². The molecule has 17 heavy (non-hydrogen) atoms. The number of halogens is 1. The number of rotatable bonds is 2. The number of benzene rings is 1. The van der Waals surface area contributed by atoms with Gasteiger partial charge in [0.15, 0.2) is 0 Å². The second kappa shape index (κ2) is 4.94. The van der Waals surface area contributed by atoms with E-state index in [1.165, 1.54) is 31.7 Å². The number of nitrogen functional groups attached to an aromatic ring is 1. The summed E-state index contributed by atoms with van der Waals surface area (Å²) in [4.78, 5) is 2.17. The van der Waals surface area contributed by atoms with E-state index >= 15 is 0 Å². The molecule has 0 aliphatic heterocycles. The van der Waals surface area contributed by atoms with Crippen LogP contribution in [0.25, 0.3) is 0 Å². The topological polar surface area (TPSA) is 29.3 Å². The van der Waals surface area contributed by atoms with Gasteiger partial charge in [-0.3, -0.25) is 0 Å². The Bertz CT molecular complexity index is 364. The van der Waals surface area contributed by atoms with E-state index in [0.29, 0.717) is 11.7 Å². The lowest BCUT2D eigenvalue weighted by Gasteiger charge is -2.35. The smallest absolute Gasteiger partial charge is 0.127 e. The largest absolute Gasteiger partial charge is 0.399 e. The van der Waals surface area contributed by atoms with E-state index in [2.05, 4.69) is 11.8 Å². The molecule has 94 valence electrons. The fraction of sp³-hybridized carbons (Fsp3) is 0.571. The molecule has 2 nitrogen and oxygen atoms in total. The van der Waals surface area contributed by atoms with Gasteiger partial charge in [-0.05, 0) is 49.8 Å². The molecular formula is C14H21FN2. The Morgan fingerprint density at radius 3 is 2.41 bits per heavy atom. The summed E-state index contributed by atoms with van der Waals surface area (Å²) in [5.74, 6) is 0.577. The van der Waals surface area contributed by atoms with Crippen LogP contribution in [-0.4, -0.2) is 13.1 Å². The van der Waals surface area contributed by atoms with Crippen LogP contribution in [0.5, 0.6) is 0 Å². The monoisotopic (exact) mass is 236 g/mol. The van der Waals surface area contributed by atoms with E-state index in [-0.39, 0.29) is 5.82 Å². The minimum atomic E-state index is -0.254.